The molecule has 1 aliphatic rings. The van der Waals surface area contributed by atoms with Crippen molar-refractivity contribution < 1.29 is 13.2 Å². The lowest BCUT2D eigenvalue weighted by Crippen LogP contribution is -2.29. The van der Waals surface area contributed by atoms with E-state index < -0.39 is 10.0 Å². The number of hydrogen-bond acceptors (Lipinski definition) is 3. The topological polar surface area (TPSA) is 69.4 Å². The van der Waals surface area contributed by atoms with Crippen LogP contribution in [0.2, 0.25) is 5.02 Å². The van der Waals surface area contributed by atoms with Crippen LogP contribution < -0.4 is 9.88 Å². The molecule has 1 fully saturated rings. The third-order valence-electron chi connectivity index (χ3n) is 4.12. The molecule has 2 N–H and O–H groups in total. The van der Waals surface area contributed by atoms with Crippen molar-refractivity contribution in [3.8, 4) is 5.75 Å². The summed E-state index contributed by atoms with van der Waals surface area (Å²) in [5, 5.41) is 5.51. The van der Waals surface area contributed by atoms with E-state index in [2.05, 4.69) is 29.8 Å². The summed E-state index contributed by atoms with van der Waals surface area (Å²) in [5.41, 5.74) is 0. The quantitative estimate of drug-likeness (QED) is 0.841. The van der Waals surface area contributed by atoms with Gasteiger partial charge in [-0.05, 0) is 43.2 Å². The van der Waals surface area contributed by atoms with Gasteiger partial charge in [-0.3, -0.25) is 0 Å². The molecule has 7 heteroatoms. The Morgan fingerprint density at radius 1 is 1.29 bits per heavy atom. The van der Waals surface area contributed by atoms with Crippen LogP contribution in [0.15, 0.2) is 21.5 Å². The van der Waals surface area contributed by atoms with Crippen LogP contribution in [0, 0.1) is 11.8 Å². The van der Waals surface area contributed by atoms with Crippen LogP contribution >= 0.6 is 27.5 Å². The highest BCUT2D eigenvalue weighted by Gasteiger charge is 2.28. The third-order valence-corrected chi connectivity index (χ3v) is 5.77. The molecule has 3 atom stereocenters. The summed E-state index contributed by atoms with van der Waals surface area (Å²) in [6, 6.07) is 3.03. The Labute approximate surface area is 139 Å². The van der Waals surface area contributed by atoms with Gasteiger partial charge < -0.3 is 4.74 Å². The average Bonchev–Trinajstić information content (AvgIpc) is 2.35. The normalized spacial score (nSPS) is 26.6. The molecule has 4 nitrogen and oxygen atoms in total. The summed E-state index contributed by atoms with van der Waals surface area (Å²) in [7, 11) is -3.89. The third kappa shape index (κ3) is 4.12. The molecule has 1 aromatic carbocycles. The molecule has 1 aromatic rings. The molecule has 1 aliphatic carbocycles. The number of primary sulfonamides is 1. The van der Waals surface area contributed by atoms with E-state index in [1.807, 2.05) is 0 Å². The van der Waals surface area contributed by atoms with E-state index in [1.165, 1.54) is 6.07 Å². The zero-order chi connectivity index (χ0) is 15.8. The minimum atomic E-state index is -3.89. The van der Waals surface area contributed by atoms with Gasteiger partial charge >= 0.3 is 0 Å². The first kappa shape index (κ1) is 17.1. The molecular formula is C14H19BrClNO3S. The van der Waals surface area contributed by atoms with Crippen molar-refractivity contribution in [3.05, 3.63) is 21.6 Å². The summed E-state index contributed by atoms with van der Waals surface area (Å²) >= 11 is 9.37. The number of ether oxygens (including phenoxy) is 1. The maximum Gasteiger partial charge on any atom is 0.241 e. The monoisotopic (exact) mass is 395 g/mol. The van der Waals surface area contributed by atoms with Gasteiger partial charge in [0.25, 0.3) is 0 Å². The molecule has 0 heterocycles. The van der Waals surface area contributed by atoms with Gasteiger partial charge in [0.15, 0.2) is 5.75 Å². The standard InChI is InChI=1S/C14H19BrClNO3S/c1-8-3-4-11(5-9(8)2)20-14-12(16)6-10(15)7-13(14)21(17,18)19/h6-9,11H,3-5H2,1-2H3,(H2,17,18,19). The number of nitrogens with two attached hydrogens (primary N) is 1. The molecule has 0 bridgehead atoms. The van der Waals surface area contributed by atoms with Crippen LogP contribution in [0.3, 0.4) is 0 Å². The Morgan fingerprint density at radius 2 is 1.95 bits per heavy atom. The van der Waals surface area contributed by atoms with E-state index in [4.69, 9.17) is 21.5 Å². The lowest BCUT2D eigenvalue weighted by atomic mass is 9.80. The van der Waals surface area contributed by atoms with Crippen molar-refractivity contribution in [1.29, 1.82) is 0 Å². The van der Waals surface area contributed by atoms with Gasteiger partial charge in [0.2, 0.25) is 10.0 Å². The first-order valence-corrected chi connectivity index (χ1v) is 9.58. The van der Waals surface area contributed by atoms with E-state index in [-0.39, 0.29) is 21.8 Å². The van der Waals surface area contributed by atoms with Gasteiger partial charge in [0.1, 0.15) is 4.90 Å². The Morgan fingerprint density at radius 3 is 2.52 bits per heavy atom. The Balaban J connectivity index is 2.32. The van der Waals surface area contributed by atoms with Crippen molar-refractivity contribution in [3.63, 3.8) is 0 Å². The molecule has 1 saturated carbocycles. The first-order valence-electron chi connectivity index (χ1n) is 6.87. The van der Waals surface area contributed by atoms with Crippen LogP contribution in [-0.4, -0.2) is 14.5 Å². The van der Waals surface area contributed by atoms with Gasteiger partial charge in [-0.1, -0.05) is 41.4 Å². The first-order chi connectivity index (χ1) is 9.68. The molecular weight excluding hydrogens is 378 g/mol. The Hall–Kier alpha value is -0.300. The second-order valence-corrected chi connectivity index (χ2v) is 8.62. The molecule has 2 rings (SSSR count). The summed E-state index contributed by atoms with van der Waals surface area (Å²) in [6.45, 7) is 4.41. The van der Waals surface area contributed by atoms with Crippen LogP contribution in [0.1, 0.15) is 33.1 Å². The highest BCUT2D eigenvalue weighted by Crippen LogP contribution is 2.38. The average molecular weight is 397 g/mol. The van der Waals surface area contributed by atoms with Crippen molar-refractivity contribution >= 4 is 37.6 Å². The molecule has 0 spiro atoms. The number of halogens is 2. The minimum absolute atomic E-state index is 0.0321. The van der Waals surface area contributed by atoms with Gasteiger partial charge in [0.05, 0.1) is 11.1 Å². The van der Waals surface area contributed by atoms with Crippen LogP contribution in [-0.2, 0) is 10.0 Å². The SMILES string of the molecule is CC1CCC(Oc2c(Cl)cc(Br)cc2S(N)(=O)=O)CC1C. The van der Waals surface area contributed by atoms with Crippen LogP contribution in [0.5, 0.6) is 5.75 Å². The zero-order valence-electron chi connectivity index (χ0n) is 12.0. The van der Waals surface area contributed by atoms with Crippen molar-refractivity contribution in [2.24, 2.45) is 17.0 Å². The Bertz CT molecular complexity index is 635. The lowest BCUT2D eigenvalue weighted by molar-refractivity contribution is 0.0980. The molecule has 0 aliphatic heterocycles. The fraction of sp³-hybridized carbons (Fsp3) is 0.571. The highest BCUT2D eigenvalue weighted by molar-refractivity contribution is 9.10. The summed E-state index contributed by atoms with van der Waals surface area (Å²) in [5.74, 6) is 1.35. The zero-order valence-corrected chi connectivity index (χ0v) is 15.1. The largest absolute Gasteiger partial charge is 0.487 e. The predicted molar refractivity (Wildman–Crippen MR) is 87.1 cm³/mol. The maximum absolute atomic E-state index is 11.7. The van der Waals surface area contributed by atoms with E-state index >= 15 is 0 Å². The van der Waals surface area contributed by atoms with Gasteiger partial charge in [-0.2, -0.15) is 0 Å². The van der Waals surface area contributed by atoms with Gasteiger partial charge in [0, 0.05) is 4.47 Å². The fourth-order valence-electron chi connectivity index (χ4n) is 2.63. The van der Waals surface area contributed by atoms with Crippen LogP contribution in [0.25, 0.3) is 0 Å². The smallest absolute Gasteiger partial charge is 0.241 e. The number of rotatable bonds is 3. The second kappa shape index (κ2) is 6.44. The lowest BCUT2D eigenvalue weighted by Gasteiger charge is -2.32. The number of benzene rings is 1. The summed E-state index contributed by atoms with van der Waals surface area (Å²) in [4.78, 5) is -0.0758. The van der Waals surface area contributed by atoms with E-state index in [0.29, 0.717) is 16.3 Å². The molecule has 118 valence electrons. The Kier molecular flexibility index (Phi) is 5.23. The van der Waals surface area contributed by atoms with Crippen molar-refractivity contribution in [2.45, 2.75) is 44.1 Å². The summed E-state index contributed by atoms with van der Waals surface area (Å²) in [6.07, 6.45) is 2.81. The van der Waals surface area contributed by atoms with Gasteiger partial charge in [-0.15, -0.1) is 0 Å². The fourth-order valence-corrected chi connectivity index (χ4v) is 4.40. The maximum atomic E-state index is 11.7. The molecule has 0 amide bonds. The highest BCUT2D eigenvalue weighted by atomic mass is 79.9. The van der Waals surface area contributed by atoms with E-state index in [1.54, 1.807) is 6.07 Å². The van der Waals surface area contributed by atoms with Crippen molar-refractivity contribution in [1.82, 2.24) is 0 Å². The molecule has 0 saturated heterocycles. The number of hydrogen-bond donors (Lipinski definition) is 1. The van der Waals surface area contributed by atoms with Crippen LogP contribution in [0.4, 0.5) is 0 Å². The van der Waals surface area contributed by atoms with Gasteiger partial charge in [-0.25, -0.2) is 13.6 Å². The number of sulfonamides is 1. The second-order valence-electron chi connectivity index (χ2n) is 5.77. The van der Waals surface area contributed by atoms with E-state index in [9.17, 15) is 8.42 Å². The summed E-state index contributed by atoms with van der Waals surface area (Å²) < 4.78 is 29.9. The predicted octanol–water partition coefficient (Wildman–Crippen LogP) is 3.95. The molecule has 3 unspecified atom stereocenters. The molecule has 21 heavy (non-hydrogen) atoms. The molecule has 0 radical (unpaired) electrons. The van der Waals surface area contributed by atoms with E-state index in [0.717, 1.165) is 19.3 Å². The minimum Gasteiger partial charge on any atom is -0.487 e. The van der Waals surface area contributed by atoms with Crippen molar-refractivity contribution in [2.75, 3.05) is 0 Å². The molecule has 0 aromatic heterocycles.